The van der Waals surface area contributed by atoms with Gasteiger partial charge < -0.3 is 15.8 Å². The van der Waals surface area contributed by atoms with Crippen LogP contribution < -0.4 is 15.8 Å². The third-order valence-corrected chi connectivity index (χ3v) is 2.96. The number of hydrogen-bond acceptors (Lipinski definition) is 4. The van der Waals surface area contributed by atoms with Crippen LogP contribution >= 0.6 is 0 Å². The van der Waals surface area contributed by atoms with Gasteiger partial charge in [-0.3, -0.25) is 9.78 Å². The molecule has 0 aliphatic heterocycles. The molecule has 3 N–H and O–H groups in total. The molecule has 0 saturated carbocycles. The maximum absolute atomic E-state index is 11.8. The van der Waals surface area contributed by atoms with Crippen LogP contribution in [0.2, 0.25) is 0 Å². The van der Waals surface area contributed by atoms with Crippen molar-refractivity contribution < 1.29 is 9.53 Å². The van der Waals surface area contributed by atoms with Crippen molar-refractivity contribution in [2.45, 2.75) is 13.3 Å². The van der Waals surface area contributed by atoms with Crippen molar-refractivity contribution in [1.82, 2.24) is 10.3 Å². The highest BCUT2D eigenvalue weighted by Gasteiger charge is 2.08. The molecule has 0 spiro atoms. The molecule has 1 heterocycles. The molecule has 0 radical (unpaired) electrons. The van der Waals surface area contributed by atoms with Gasteiger partial charge in [-0.05, 0) is 37.3 Å². The molecule has 0 aliphatic rings. The van der Waals surface area contributed by atoms with Gasteiger partial charge in [0.15, 0.2) is 0 Å². The predicted molar refractivity (Wildman–Crippen MR) is 82.3 cm³/mol. The van der Waals surface area contributed by atoms with Gasteiger partial charge in [0.05, 0.1) is 12.3 Å². The van der Waals surface area contributed by atoms with Crippen molar-refractivity contribution >= 4 is 11.6 Å². The highest BCUT2D eigenvalue weighted by atomic mass is 16.5. The smallest absolute Gasteiger partial charge is 0.251 e. The zero-order chi connectivity index (χ0) is 15.1. The molecule has 5 nitrogen and oxygen atoms in total. The van der Waals surface area contributed by atoms with Gasteiger partial charge in [0.2, 0.25) is 0 Å². The van der Waals surface area contributed by atoms with Gasteiger partial charge in [-0.1, -0.05) is 6.07 Å². The van der Waals surface area contributed by atoms with E-state index in [0.29, 0.717) is 36.6 Å². The van der Waals surface area contributed by atoms with Crippen LogP contribution in [-0.4, -0.2) is 24.0 Å². The van der Waals surface area contributed by atoms with Crippen LogP contribution in [0.1, 0.15) is 23.0 Å². The Kier molecular flexibility index (Phi) is 5.15. The SMILES string of the molecule is CCNC(=O)c1ccc(N)c(OCCc2ccccn2)c1. The van der Waals surface area contributed by atoms with Gasteiger partial charge in [0.1, 0.15) is 5.75 Å². The molecule has 2 rings (SSSR count). The zero-order valence-electron chi connectivity index (χ0n) is 12.0. The lowest BCUT2D eigenvalue weighted by molar-refractivity contribution is 0.0955. The lowest BCUT2D eigenvalue weighted by atomic mass is 10.1. The zero-order valence-corrected chi connectivity index (χ0v) is 12.0. The number of aromatic nitrogens is 1. The first-order valence-electron chi connectivity index (χ1n) is 6.91. The van der Waals surface area contributed by atoms with E-state index in [1.807, 2.05) is 25.1 Å². The van der Waals surface area contributed by atoms with Crippen LogP contribution in [0, 0.1) is 0 Å². The topological polar surface area (TPSA) is 77.2 Å². The highest BCUT2D eigenvalue weighted by molar-refractivity contribution is 5.95. The number of rotatable bonds is 6. The summed E-state index contributed by atoms with van der Waals surface area (Å²) in [6.45, 7) is 2.92. The molecule has 0 atom stereocenters. The number of nitrogen functional groups attached to an aromatic ring is 1. The second-order valence-corrected chi connectivity index (χ2v) is 4.53. The monoisotopic (exact) mass is 285 g/mol. The largest absolute Gasteiger partial charge is 0.491 e. The molecular weight excluding hydrogens is 266 g/mol. The fourth-order valence-electron chi connectivity index (χ4n) is 1.87. The molecule has 0 bridgehead atoms. The number of anilines is 1. The molecule has 0 fully saturated rings. The molecule has 0 aliphatic carbocycles. The number of pyridine rings is 1. The predicted octanol–water partition coefficient (Wildman–Crippen LogP) is 2.04. The highest BCUT2D eigenvalue weighted by Crippen LogP contribution is 2.23. The number of nitrogens with zero attached hydrogens (tertiary/aromatic N) is 1. The maximum atomic E-state index is 11.8. The van der Waals surface area contributed by atoms with E-state index in [1.165, 1.54) is 0 Å². The Balaban J connectivity index is 1.99. The third kappa shape index (κ3) is 4.21. The Labute approximate surface area is 124 Å². The van der Waals surface area contributed by atoms with E-state index in [4.69, 9.17) is 10.5 Å². The molecular formula is C16H19N3O2. The van der Waals surface area contributed by atoms with Gasteiger partial charge >= 0.3 is 0 Å². The Morgan fingerprint density at radius 2 is 2.19 bits per heavy atom. The number of ether oxygens (including phenoxy) is 1. The minimum absolute atomic E-state index is 0.132. The van der Waals surface area contributed by atoms with E-state index in [0.717, 1.165) is 5.69 Å². The molecule has 0 unspecified atom stereocenters. The van der Waals surface area contributed by atoms with E-state index in [9.17, 15) is 4.79 Å². The van der Waals surface area contributed by atoms with Gasteiger partial charge in [-0.2, -0.15) is 0 Å². The molecule has 21 heavy (non-hydrogen) atoms. The molecule has 1 aromatic carbocycles. The summed E-state index contributed by atoms with van der Waals surface area (Å²) >= 11 is 0. The first kappa shape index (κ1) is 14.8. The number of amides is 1. The molecule has 1 aromatic heterocycles. The van der Waals surface area contributed by atoms with E-state index < -0.39 is 0 Å². The van der Waals surface area contributed by atoms with Crippen molar-refractivity contribution in [3.8, 4) is 5.75 Å². The summed E-state index contributed by atoms with van der Waals surface area (Å²) in [4.78, 5) is 16.0. The first-order chi connectivity index (χ1) is 10.2. The molecule has 110 valence electrons. The summed E-state index contributed by atoms with van der Waals surface area (Å²) in [5, 5.41) is 2.75. The Hall–Kier alpha value is -2.56. The van der Waals surface area contributed by atoms with E-state index in [1.54, 1.807) is 24.4 Å². The van der Waals surface area contributed by atoms with Crippen LogP contribution in [0.4, 0.5) is 5.69 Å². The van der Waals surface area contributed by atoms with Crippen molar-refractivity contribution in [3.05, 3.63) is 53.9 Å². The number of nitrogens with two attached hydrogens (primary N) is 1. The second-order valence-electron chi connectivity index (χ2n) is 4.53. The van der Waals surface area contributed by atoms with Gasteiger partial charge in [0.25, 0.3) is 5.91 Å². The van der Waals surface area contributed by atoms with E-state index in [-0.39, 0.29) is 5.91 Å². The Morgan fingerprint density at radius 1 is 1.33 bits per heavy atom. The van der Waals surface area contributed by atoms with Crippen molar-refractivity contribution in [2.75, 3.05) is 18.9 Å². The second kappa shape index (κ2) is 7.28. The minimum Gasteiger partial charge on any atom is -0.491 e. The minimum atomic E-state index is -0.132. The quantitative estimate of drug-likeness (QED) is 0.796. The third-order valence-electron chi connectivity index (χ3n) is 2.96. The number of carbonyl (C=O) groups excluding carboxylic acids is 1. The number of carbonyl (C=O) groups is 1. The van der Waals surface area contributed by atoms with Crippen molar-refractivity contribution in [2.24, 2.45) is 0 Å². The van der Waals surface area contributed by atoms with Gasteiger partial charge in [-0.25, -0.2) is 0 Å². The Morgan fingerprint density at radius 3 is 2.90 bits per heavy atom. The van der Waals surface area contributed by atoms with Crippen LogP contribution in [0.15, 0.2) is 42.6 Å². The van der Waals surface area contributed by atoms with Crippen LogP contribution in [0.5, 0.6) is 5.75 Å². The van der Waals surface area contributed by atoms with Crippen LogP contribution in [0.3, 0.4) is 0 Å². The molecule has 2 aromatic rings. The lowest BCUT2D eigenvalue weighted by Gasteiger charge is -2.10. The van der Waals surface area contributed by atoms with Gasteiger partial charge in [0, 0.05) is 30.4 Å². The summed E-state index contributed by atoms with van der Waals surface area (Å²) in [5.41, 5.74) is 7.88. The Bertz CT molecular complexity index is 600. The van der Waals surface area contributed by atoms with E-state index >= 15 is 0 Å². The van der Waals surface area contributed by atoms with E-state index in [2.05, 4.69) is 10.3 Å². The maximum Gasteiger partial charge on any atom is 0.251 e. The van der Waals surface area contributed by atoms with Crippen LogP contribution in [-0.2, 0) is 6.42 Å². The molecule has 1 amide bonds. The van der Waals surface area contributed by atoms with Crippen LogP contribution in [0.25, 0.3) is 0 Å². The molecule has 5 heteroatoms. The fourth-order valence-corrected chi connectivity index (χ4v) is 1.87. The number of hydrogen-bond donors (Lipinski definition) is 2. The standard InChI is InChI=1S/C16H19N3O2/c1-2-18-16(20)12-6-7-14(17)15(11-12)21-10-8-13-5-3-4-9-19-13/h3-7,9,11H,2,8,10,17H2,1H3,(H,18,20). The molecule has 0 saturated heterocycles. The first-order valence-corrected chi connectivity index (χ1v) is 6.91. The van der Waals surface area contributed by atoms with Crippen molar-refractivity contribution in [1.29, 1.82) is 0 Å². The lowest BCUT2D eigenvalue weighted by Crippen LogP contribution is -2.22. The average Bonchev–Trinajstić information content (AvgIpc) is 2.50. The number of nitrogens with one attached hydrogen (secondary N) is 1. The summed E-state index contributed by atoms with van der Waals surface area (Å²) in [6.07, 6.45) is 2.44. The van der Waals surface area contributed by atoms with Crippen molar-refractivity contribution in [3.63, 3.8) is 0 Å². The average molecular weight is 285 g/mol. The number of benzene rings is 1. The van der Waals surface area contributed by atoms with Gasteiger partial charge in [-0.15, -0.1) is 0 Å². The normalized spacial score (nSPS) is 10.1. The summed E-state index contributed by atoms with van der Waals surface area (Å²) < 4.78 is 5.66. The summed E-state index contributed by atoms with van der Waals surface area (Å²) in [5.74, 6) is 0.391. The fraction of sp³-hybridized carbons (Fsp3) is 0.250. The summed E-state index contributed by atoms with van der Waals surface area (Å²) in [7, 11) is 0. The summed E-state index contributed by atoms with van der Waals surface area (Å²) in [6, 6.07) is 10.8.